The lowest BCUT2D eigenvalue weighted by Crippen LogP contribution is -2.20. The number of aryl methyl sites for hydroxylation is 1. The number of rotatable bonds is 4. The summed E-state index contributed by atoms with van der Waals surface area (Å²) >= 11 is 0. The van der Waals surface area contributed by atoms with Crippen molar-refractivity contribution in [2.24, 2.45) is 0 Å². The number of hydrogen-bond donors (Lipinski definition) is 1. The van der Waals surface area contributed by atoms with Crippen molar-refractivity contribution in [3.63, 3.8) is 0 Å². The molecule has 2 aromatic heterocycles. The van der Waals surface area contributed by atoms with Crippen LogP contribution in [0.2, 0.25) is 0 Å². The molecule has 4 aromatic rings. The summed E-state index contributed by atoms with van der Waals surface area (Å²) in [6.45, 7) is 8.43. The third-order valence-corrected chi connectivity index (χ3v) is 4.66. The van der Waals surface area contributed by atoms with Crippen LogP contribution in [0.15, 0.2) is 46.9 Å². The van der Waals surface area contributed by atoms with Crippen LogP contribution in [-0.2, 0) is 23.2 Å². The highest BCUT2D eigenvalue weighted by atomic mass is 16.3. The lowest BCUT2D eigenvalue weighted by molar-refractivity contribution is -0.116. The SMILES string of the molecule is CCc1nc2ccccc2n1CC(=O)Nc1ccc2oc(C(C)(C)C)nc2c1. The molecular weight excluding hydrogens is 352 g/mol. The van der Waals surface area contributed by atoms with E-state index >= 15 is 0 Å². The second-order valence-corrected chi connectivity index (χ2v) is 7.96. The lowest BCUT2D eigenvalue weighted by Gasteiger charge is -2.11. The number of nitrogens with zero attached hydrogens (tertiary/aromatic N) is 3. The fourth-order valence-corrected chi connectivity index (χ4v) is 3.24. The minimum Gasteiger partial charge on any atom is -0.440 e. The molecule has 4 rings (SSSR count). The van der Waals surface area contributed by atoms with Gasteiger partial charge in [0.2, 0.25) is 11.8 Å². The number of hydrogen-bond acceptors (Lipinski definition) is 4. The third-order valence-electron chi connectivity index (χ3n) is 4.66. The van der Waals surface area contributed by atoms with Gasteiger partial charge in [-0.25, -0.2) is 9.97 Å². The van der Waals surface area contributed by atoms with Crippen molar-refractivity contribution < 1.29 is 9.21 Å². The van der Waals surface area contributed by atoms with Gasteiger partial charge in [-0.2, -0.15) is 0 Å². The Morgan fingerprint density at radius 2 is 1.89 bits per heavy atom. The molecule has 0 saturated heterocycles. The Bertz CT molecular complexity index is 1160. The first-order valence-electron chi connectivity index (χ1n) is 9.50. The van der Waals surface area contributed by atoms with Crippen LogP contribution >= 0.6 is 0 Å². The number of benzene rings is 2. The molecule has 2 heterocycles. The van der Waals surface area contributed by atoms with Crippen LogP contribution in [0.25, 0.3) is 22.1 Å². The Hall–Kier alpha value is -3.15. The predicted molar refractivity (Wildman–Crippen MR) is 110 cm³/mol. The average Bonchev–Trinajstić information content (AvgIpc) is 3.23. The molecule has 0 bridgehead atoms. The van der Waals surface area contributed by atoms with Crippen LogP contribution in [0.4, 0.5) is 5.69 Å². The van der Waals surface area contributed by atoms with E-state index in [-0.39, 0.29) is 17.9 Å². The van der Waals surface area contributed by atoms with E-state index in [4.69, 9.17) is 4.42 Å². The van der Waals surface area contributed by atoms with Gasteiger partial charge in [0, 0.05) is 17.5 Å². The largest absolute Gasteiger partial charge is 0.440 e. The van der Waals surface area contributed by atoms with E-state index in [9.17, 15) is 4.79 Å². The number of aromatic nitrogens is 3. The summed E-state index contributed by atoms with van der Waals surface area (Å²) in [4.78, 5) is 21.9. The third kappa shape index (κ3) is 3.38. The van der Waals surface area contributed by atoms with Gasteiger partial charge in [-0.3, -0.25) is 4.79 Å². The lowest BCUT2D eigenvalue weighted by atomic mass is 9.97. The number of nitrogens with one attached hydrogen (secondary N) is 1. The smallest absolute Gasteiger partial charge is 0.244 e. The van der Waals surface area contributed by atoms with Crippen LogP contribution in [-0.4, -0.2) is 20.4 Å². The van der Waals surface area contributed by atoms with Crippen molar-refractivity contribution in [1.82, 2.24) is 14.5 Å². The molecule has 0 radical (unpaired) electrons. The molecule has 6 nitrogen and oxygen atoms in total. The van der Waals surface area contributed by atoms with E-state index in [1.165, 1.54) is 0 Å². The summed E-state index contributed by atoms with van der Waals surface area (Å²) in [7, 11) is 0. The Kier molecular flexibility index (Phi) is 4.41. The zero-order valence-electron chi connectivity index (χ0n) is 16.6. The van der Waals surface area contributed by atoms with Crippen molar-refractivity contribution in [2.75, 3.05) is 5.32 Å². The first kappa shape index (κ1) is 18.2. The standard InChI is InChI=1S/C22H24N4O2/c1-5-19-24-15-8-6-7-9-17(15)26(19)13-20(27)23-14-10-11-18-16(12-14)25-21(28-18)22(2,3)4/h6-12H,5,13H2,1-4H3,(H,23,27). The Morgan fingerprint density at radius 1 is 1.11 bits per heavy atom. The van der Waals surface area contributed by atoms with Crippen molar-refractivity contribution in [3.05, 3.63) is 54.2 Å². The van der Waals surface area contributed by atoms with Gasteiger partial charge in [-0.05, 0) is 30.3 Å². The highest BCUT2D eigenvalue weighted by Crippen LogP contribution is 2.27. The zero-order chi connectivity index (χ0) is 19.9. The van der Waals surface area contributed by atoms with Crippen LogP contribution in [0, 0.1) is 0 Å². The molecule has 1 N–H and O–H groups in total. The molecule has 28 heavy (non-hydrogen) atoms. The Labute approximate surface area is 163 Å². The molecule has 0 atom stereocenters. The maximum Gasteiger partial charge on any atom is 0.244 e. The fourth-order valence-electron chi connectivity index (χ4n) is 3.24. The van der Waals surface area contributed by atoms with E-state index in [0.717, 1.165) is 34.4 Å². The van der Waals surface area contributed by atoms with E-state index in [1.807, 2.05) is 54.0 Å². The van der Waals surface area contributed by atoms with Gasteiger partial charge in [-0.1, -0.05) is 39.8 Å². The minimum absolute atomic E-state index is 0.100. The maximum absolute atomic E-state index is 12.7. The van der Waals surface area contributed by atoms with Crippen LogP contribution in [0.1, 0.15) is 39.4 Å². The summed E-state index contributed by atoms with van der Waals surface area (Å²) in [5.41, 5.74) is 3.87. The average molecular weight is 376 g/mol. The van der Waals surface area contributed by atoms with Crippen molar-refractivity contribution in [3.8, 4) is 0 Å². The number of anilines is 1. The van der Waals surface area contributed by atoms with E-state index < -0.39 is 0 Å². The highest BCUT2D eigenvalue weighted by Gasteiger charge is 2.21. The van der Waals surface area contributed by atoms with Gasteiger partial charge < -0.3 is 14.3 Å². The summed E-state index contributed by atoms with van der Waals surface area (Å²) in [5.74, 6) is 1.48. The van der Waals surface area contributed by atoms with Gasteiger partial charge in [0.1, 0.15) is 17.9 Å². The molecule has 0 fully saturated rings. The second kappa shape index (κ2) is 6.78. The first-order valence-corrected chi connectivity index (χ1v) is 9.50. The van der Waals surface area contributed by atoms with Crippen molar-refractivity contribution in [2.45, 2.75) is 46.1 Å². The number of para-hydroxylation sites is 2. The van der Waals surface area contributed by atoms with Gasteiger partial charge in [0.05, 0.1) is 11.0 Å². The zero-order valence-corrected chi connectivity index (χ0v) is 16.6. The molecule has 0 spiro atoms. The fraction of sp³-hybridized carbons (Fsp3) is 0.318. The van der Waals surface area contributed by atoms with Crippen LogP contribution < -0.4 is 5.32 Å². The van der Waals surface area contributed by atoms with Gasteiger partial charge in [0.15, 0.2) is 5.58 Å². The number of carbonyl (C=O) groups excluding carboxylic acids is 1. The van der Waals surface area contributed by atoms with Crippen molar-refractivity contribution >= 4 is 33.7 Å². The number of amides is 1. The van der Waals surface area contributed by atoms with Gasteiger partial charge in [0.25, 0.3) is 0 Å². The van der Waals surface area contributed by atoms with Gasteiger partial charge in [-0.15, -0.1) is 0 Å². The van der Waals surface area contributed by atoms with Crippen LogP contribution in [0.5, 0.6) is 0 Å². The molecule has 0 saturated carbocycles. The number of carbonyl (C=O) groups is 1. The molecular formula is C22H24N4O2. The monoisotopic (exact) mass is 376 g/mol. The molecule has 0 aliphatic carbocycles. The number of imidazole rings is 1. The Balaban J connectivity index is 1.57. The summed E-state index contributed by atoms with van der Waals surface area (Å²) in [5, 5.41) is 2.97. The minimum atomic E-state index is -0.165. The summed E-state index contributed by atoms with van der Waals surface area (Å²) < 4.78 is 7.79. The quantitative estimate of drug-likeness (QED) is 0.561. The van der Waals surface area contributed by atoms with E-state index in [1.54, 1.807) is 0 Å². The molecule has 0 unspecified atom stereocenters. The Morgan fingerprint density at radius 3 is 2.64 bits per heavy atom. The normalized spacial score (nSPS) is 12.0. The summed E-state index contributed by atoms with van der Waals surface area (Å²) in [6, 6.07) is 13.4. The predicted octanol–water partition coefficient (Wildman–Crippen LogP) is 4.68. The maximum atomic E-state index is 12.7. The van der Waals surface area contributed by atoms with E-state index in [0.29, 0.717) is 11.6 Å². The first-order chi connectivity index (χ1) is 13.3. The topological polar surface area (TPSA) is 73.0 Å². The van der Waals surface area contributed by atoms with Gasteiger partial charge >= 0.3 is 0 Å². The molecule has 144 valence electrons. The van der Waals surface area contributed by atoms with E-state index in [2.05, 4.69) is 36.1 Å². The number of oxazole rings is 1. The molecule has 1 amide bonds. The molecule has 0 aliphatic heterocycles. The summed E-state index contributed by atoms with van der Waals surface area (Å²) in [6.07, 6.45) is 0.766. The second-order valence-electron chi connectivity index (χ2n) is 7.96. The number of fused-ring (bicyclic) bond motifs is 2. The molecule has 2 aromatic carbocycles. The van der Waals surface area contributed by atoms with Crippen molar-refractivity contribution in [1.29, 1.82) is 0 Å². The highest BCUT2D eigenvalue weighted by molar-refractivity contribution is 5.93. The molecule has 6 heteroatoms. The van der Waals surface area contributed by atoms with Crippen LogP contribution in [0.3, 0.4) is 0 Å². The molecule has 0 aliphatic rings.